The number of hydrogen-bond donors (Lipinski definition) is 1. The summed E-state index contributed by atoms with van der Waals surface area (Å²) in [6.07, 6.45) is 3.86. The van der Waals surface area contributed by atoms with Gasteiger partial charge in [0.2, 0.25) is 11.7 Å². The van der Waals surface area contributed by atoms with Gasteiger partial charge >= 0.3 is 0 Å². The summed E-state index contributed by atoms with van der Waals surface area (Å²) < 4.78 is 27.4. The maximum atomic E-state index is 12.9. The molecule has 2 aromatic rings. The van der Waals surface area contributed by atoms with Crippen LogP contribution >= 0.6 is 0 Å². The van der Waals surface area contributed by atoms with Gasteiger partial charge in [-0.05, 0) is 56.3 Å². The van der Waals surface area contributed by atoms with Crippen LogP contribution in [-0.2, 0) is 9.53 Å². The molecule has 33 heavy (non-hydrogen) atoms. The minimum Gasteiger partial charge on any atom is -0.495 e. The number of nitrogens with one attached hydrogen (secondary N) is 1. The van der Waals surface area contributed by atoms with Crippen molar-refractivity contribution >= 4 is 23.7 Å². The molecule has 0 saturated carbocycles. The highest BCUT2D eigenvalue weighted by Crippen LogP contribution is 2.38. The molecule has 0 radical (unpaired) electrons. The summed E-state index contributed by atoms with van der Waals surface area (Å²) >= 11 is 0. The fourth-order valence-electron chi connectivity index (χ4n) is 3.66. The van der Waals surface area contributed by atoms with Crippen LogP contribution in [-0.4, -0.2) is 64.7 Å². The van der Waals surface area contributed by atoms with Crippen molar-refractivity contribution in [3.05, 3.63) is 41.5 Å². The second-order valence-corrected chi connectivity index (χ2v) is 8.13. The summed E-state index contributed by atoms with van der Waals surface area (Å²) in [6, 6.07) is 8.94. The molecule has 2 aromatic carbocycles. The number of methoxy groups -OCH3 is 4. The Bertz CT molecular complexity index is 1010. The molecule has 8 nitrogen and oxygen atoms in total. The van der Waals surface area contributed by atoms with Crippen LogP contribution in [0.5, 0.6) is 23.0 Å². The zero-order valence-corrected chi connectivity index (χ0v) is 20.2. The summed E-state index contributed by atoms with van der Waals surface area (Å²) in [4.78, 5) is 14.8. The lowest BCUT2D eigenvalue weighted by atomic mass is 10.1. The summed E-state index contributed by atoms with van der Waals surface area (Å²) in [5.74, 6) is 2.12. The highest BCUT2D eigenvalue weighted by molar-refractivity contribution is 5.97. The average Bonchev–Trinajstić information content (AvgIpc) is 3.09. The van der Waals surface area contributed by atoms with Gasteiger partial charge in [-0.25, -0.2) is 0 Å². The first-order valence-electron chi connectivity index (χ1n) is 10.6. The van der Waals surface area contributed by atoms with Gasteiger partial charge in [0.15, 0.2) is 11.5 Å². The van der Waals surface area contributed by atoms with Crippen molar-refractivity contribution in [3.63, 3.8) is 0 Å². The van der Waals surface area contributed by atoms with Gasteiger partial charge in [0.05, 0.1) is 40.7 Å². The van der Waals surface area contributed by atoms with Crippen molar-refractivity contribution in [2.75, 3.05) is 47.4 Å². The van der Waals surface area contributed by atoms with E-state index in [-0.39, 0.29) is 11.9 Å². The van der Waals surface area contributed by atoms with Gasteiger partial charge < -0.3 is 29.0 Å². The number of rotatable bonds is 8. The standard InChI is InChI=1S/C25H32N2O6/c1-25(2)27(3)19(15-33-25)24(28)26-18-12-16(10-11-20(18)29-4)8-9-17-13-21(30-5)23(32-7)22(14-17)31-6/h8-14,19H,15H2,1-7H3,(H,26,28)/b9-8-/t19-/m0/s1. The van der Waals surface area contributed by atoms with Crippen molar-refractivity contribution in [1.82, 2.24) is 4.90 Å². The van der Waals surface area contributed by atoms with Gasteiger partial charge in [-0.2, -0.15) is 0 Å². The van der Waals surface area contributed by atoms with E-state index in [1.165, 1.54) is 0 Å². The van der Waals surface area contributed by atoms with Crippen LogP contribution in [0, 0.1) is 0 Å². The topological polar surface area (TPSA) is 78.5 Å². The molecule has 1 aliphatic heterocycles. The van der Waals surface area contributed by atoms with E-state index in [9.17, 15) is 4.79 Å². The van der Waals surface area contributed by atoms with Gasteiger partial charge in [0.1, 0.15) is 17.5 Å². The molecule has 0 aliphatic carbocycles. The molecule has 3 rings (SSSR count). The van der Waals surface area contributed by atoms with Crippen LogP contribution < -0.4 is 24.3 Å². The summed E-state index contributed by atoms with van der Waals surface area (Å²) in [5.41, 5.74) is 1.86. The Morgan fingerprint density at radius 2 is 1.58 bits per heavy atom. The van der Waals surface area contributed by atoms with Crippen molar-refractivity contribution in [2.45, 2.75) is 25.6 Å². The second kappa shape index (κ2) is 10.1. The molecular weight excluding hydrogens is 424 g/mol. The number of benzene rings is 2. The van der Waals surface area contributed by atoms with Crippen molar-refractivity contribution in [2.24, 2.45) is 0 Å². The van der Waals surface area contributed by atoms with Gasteiger partial charge in [-0.15, -0.1) is 0 Å². The quantitative estimate of drug-likeness (QED) is 0.604. The number of likely N-dealkylation sites (N-methyl/N-ethyl adjacent to an activating group) is 1. The van der Waals surface area contributed by atoms with Gasteiger partial charge in [0, 0.05) is 0 Å². The van der Waals surface area contributed by atoms with E-state index < -0.39 is 5.72 Å². The highest BCUT2D eigenvalue weighted by atomic mass is 16.5. The molecule has 8 heteroatoms. The zero-order valence-electron chi connectivity index (χ0n) is 20.2. The summed E-state index contributed by atoms with van der Waals surface area (Å²) in [6.45, 7) is 4.21. The Balaban J connectivity index is 1.84. The van der Waals surface area contributed by atoms with Crippen LogP contribution in [0.15, 0.2) is 30.3 Å². The molecular formula is C25H32N2O6. The van der Waals surface area contributed by atoms with Gasteiger partial charge in [0.25, 0.3) is 0 Å². The minimum absolute atomic E-state index is 0.146. The lowest BCUT2D eigenvalue weighted by Crippen LogP contribution is -2.46. The molecule has 1 amide bonds. The van der Waals surface area contributed by atoms with Crippen LogP contribution in [0.3, 0.4) is 0 Å². The number of amides is 1. The third-order valence-corrected chi connectivity index (χ3v) is 5.85. The largest absolute Gasteiger partial charge is 0.495 e. The Morgan fingerprint density at radius 1 is 0.970 bits per heavy atom. The number of carbonyl (C=O) groups excluding carboxylic acids is 1. The van der Waals surface area contributed by atoms with Crippen molar-refractivity contribution in [3.8, 4) is 23.0 Å². The van der Waals surface area contributed by atoms with E-state index >= 15 is 0 Å². The number of nitrogens with zero attached hydrogens (tertiary/aromatic N) is 1. The molecule has 1 N–H and O–H groups in total. The van der Waals surface area contributed by atoms with Crippen LogP contribution in [0.25, 0.3) is 12.2 Å². The average molecular weight is 457 g/mol. The first kappa shape index (κ1) is 24.4. The predicted molar refractivity (Wildman–Crippen MR) is 128 cm³/mol. The van der Waals surface area contributed by atoms with E-state index in [1.54, 1.807) is 28.4 Å². The van der Waals surface area contributed by atoms with Crippen molar-refractivity contribution < 1.29 is 28.5 Å². The Hall–Kier alpha value is -3.23. The summed E-state index contributed by atoms with van der Waals surface area (Å²) in [7, 11) is 8.18. The Kier molecular flexibility index (Phi) is 7.50. The van der Waals surface area contributed by atoms with E-state index in [0.29, 0.717) is 35.3 Å². The predicted octanol–water partition coefficient (Wildman–Crippen LogP) is 3.90. The molecule has 1 aliphatic rings. The molecule has 1 heterocycles. The third kappa shape index (κ3) is 5.23. The first-order valence-corrected chi connectivity index (χ1v) is 10.6. The maximum absolute atomic E-state index is 12.9. The zero-order chi connectivity index (χ0) is 24.2. The van der Waals surface area contributed by atoms with E-state index in [4.69, 9.17) is 23.7 Å². The fraction of sp³-hybridized carbons (Fsp3) is 0.400. The molecule has 1 fully saturated rings. The molecule has 0 aromatic heterocycles. The van der Waals surface area contributed by atoms with Crippen LogP contribution in [0.1, 0.15) is 25.0 Å². The molecule has 1 saturated heterocycles. The maximum Gasteiger partial charge on any atom is 0.244 e. The SMILES string of the molecule is COc1ccc(/C=C\c2cc(OC)c(OC)c(OC)c2)cc1NC(=O)[C@@H]1COC(C)(C)N1C. The molecule has 1 atom stereocenters. The highest BCUT2D eigenvalue weighted by Gasteiger charge is 2.41. The molecule has 178 valence electrons. The lowest BCUT2D eigenvalue weighted by molar-refractivity contribution is -0.120. The normalized spacial score (nSPS) is 17.7. The molecule has 0 bridgehead atoms. The van der Waals surface area contributed by atoms with E-state index in [2.05, 4.69) is 5.32 Å². The van der Waals surface area contributed by atoms with Gasteiger partial charge in [-0.1, -0.05) is 18.2 Å². The monoisotopic (exact) mass is 456 g/mol. The van der Waals surface area contributed by atoms with Gasteiger partial charge in [-0.3, -0.25) is 9.69 Å². The smallest absolute Gasteiger partial charge is 0.244 e. The number of ether oxygens (including phenoxy) is 5. The summed E-state index contributed by atoms with van der Waals surface area (Å²) in [5, 5.41) is 2.99. The van der Waals surface area contributed by atoms with E-state index in [1.807, 2.05) is 68.3 Å². The Labute approximate surface area is 195 Å². The Morgan fingerprint density at radius 3 is 2.09 bits per heavy atom. The fourth-order valence-corrected chi connectivity index (χ4v) is 3.66. The number of carbonyl (C=O) groups is 1. The first-order chi connectivity index (χ1) is 15.7. The second-order valence-electron chi connectivity index (χ2n) is 8.13. The number of hydrogen-bond acceptors (Lipinski definition) is 7. The van der Waals surface area contributed by atoms with E-state index in [0.717, 1.165) is 11.1 Å². The minimum atomic E-state index is -0.489. The van der Waals surface area contributed by atoms with Crippen LogP contribution in [0.4, 0.5) is 5.69 Å². The molecule has 0 unspecified atom stereocenters. The van der Waals surface area contributed by atoms with Crippen LogP contribution in [0.2, 0.25) is 0 Å². The third-order valence-electron chi connectivity index (χ3n) is 5.85. The van der Waals surface area contributed by atoms with Crippen molar-refractivity contribution in [1.29, 1.82) is 0 Å². The molecule has 0 spiro atoms. The lowest BCUT2D eigenvalue weighted by Gasteiger charge is -2.28. The number of anilines is 1.